The molecule has 3 N–H and O–H groups in total. The van der Waals surface area contributed by atoms with Gasteiger partial charge in [-0.2, -0.15) is 0 Å². The monoisotopic (exact) mass is 429 g/mol. The maximum absolute atomic E-state index is 12.4. The molecule has 2 rings (SSSR count). The van der Waals surface area contributed by atoms with Crippen LogP contribution in [0.2, 0.25) is 0 Å². The fourth-order valence-electron chi connectivity index (χ4n) is 2.45. The summed E-state index contributed by atoms with van der Waals surface area (Å²) < 4.78 is 11.0. The van der Waals surface area contributed by atoms with Gasteiger partial charge in [0, 0.05) is 0 Å². The van der Waals surface area contributed by atoms with Gasteiger partial charge in [0.25, 0.3) is 11.8 Å². The SMILES string of the molecule is CCCOc1ccccc1C(=O)NC(=S)NNC(=O)COc1ccc(C(C)C)cc1. The minimum Gasteiger partial charge on any atom is -0.493 e. The minimum atomic E-state index is -0.439. The molecular weight excluding hydrogens is 402 g/mol. The molecule has 7 nitrogen and oxygen atoms in total. The van der Waals surface area contributed by atoms with E-state index in [2.05, 4.69) is 30.0 Å². The summed E-state index contributed by atoms with van der Waals surface area (Å²) in [6, 6.07) is 14.4. The molecule has 0 aliphatic rings. The van der Waals surface area contributed by atoms with Crippen LogP contribution in [-0.2, 0) is 4.79 Å². The molecule has 160 valence electrons. The summed E-state index contributed by atoms with van der Waals surface area (Å²) in [5.41, 5.74) is 6.42. The van der Waals surface area contributed by atoms with Crippen molar-refractivity contribution in [3.8, 4) is 11.5 Å². The molecule has 30 heavy (non-hydrogen) atoms. The molecule has 0 radical (unpaired) electrons. The highest BCUT2D eigenvalue weighted by molar-refractivity contribution is 7.80. The van der Waals surface area contributed by atoms with Crippen molar-refractivity contribution >= 4 is 29.1 Å². The zero-order valence-corrected chi connectivity index (χ0v) is 18.2. The summed E-state index contributed by atoms with van der Waals surface area (Å²) >= 11 is 5.06. The van der Waals surface area contributed by atoms with Crippen molar-refractivity contribution < 1.29 is 19.1 Å². The van der Waals surface area contributed by atoms with Crippen LogP contribution in [0.1, 0.15) is 49.0 Å². The van der Waals surface area contributed by atoms with E-state index in [-0.39, 0.29) is 11.7 Å². The Morgan fingerprint density at radius 2 is 1.70 bits per heavy atom. The number of carbonyl (C=O) groups is 2. The second kappa shape index (κ2) is 11.8. The average molecular weight is 430 g/mol. The van der Waals surface area contributed by atoms with E-state index in [1.807, 2.05) is 31.2 Å². The number of para-hydroxylation sites is 1. The second-order valence-corrected chi connectivity index (χ2v) is 7.22. The summed E-state index contributed by atoms with van der Waals surface area (Å²) in [6.07, 6.45) is 0.825. The van der Waals surface area contributed by atoms with Crippen molar-refractivity contribution in [1.82, 2.24) is 16.2 Å². The quantitative estimate of drug-likeness (QED) is 0.441. The van der Waals surface area contributed by atoms with E-state index in [0.717, 1.165) is 6.42 Å². The Morgan fingerprint density at radius 3 is 2.37 bits per heavy atom. The standard InChI is InChI=1S/C22H27N3O4S/c1-4-13-28-19-8-6-5-7-18(19)21(27)23-22(30)25-24-20(26)14-29-17-11-9-16(10-12-17)15(2)3/h5-12,15H,4,13-14H2,1-3H3,(H,24,26)(H2,23,25,27,30). The van der Waals surface area contributed by atoms with E-state index >= 15 is 0 Å². The first-order valence-corrected chi connectivity index (χ1v) is 10.2. The van der Waals surface area contributed by atoms with Gasteiger partial charge in [0.1, 0.15) is 11.5 Å². The third-order valence-corrected chi connectivity index (χ3v) is 4.26. The molecule has 0 spiro atoms. The van der Waals surface area contributed by atoms with Crippen LogP contribution in [0.4, 0.5) is 0 Å². The summed E-state index contributed by atoms with van der Waals surface area (Å²) in [5, 5.41) is 2.46. The lowest BCUT2D eigenvalue weighted by molar-refractivity contribution is -0.123. The van der Waals surface area contributed by atoms with Gasteiger partial charge in [-0.1, -0.05) is 45.0 Å². The van der Waals surface area contributed by atoms with Crippen molar-refractivity contribution in [3.63, 3.8) is 0 Å². The van der Waals surface area contributed by atoms with Crippen molar-refractivity contribution in [2.45, 2.75) is 33.1 Å². The number of hydrazine groups is 1. The molecule has 0 saturated carbocycles. The van der Waals surface area contributed by atoms with Crippen LogP contribution >= 0.6 is 12.2 Å². The van der Waals surface area contributed by atoms with E-state index in [0.29, 0.717) is 29.6 Å². The molecule has 0 saturated heterocycles. The van der Waals surface area contributed by atoms with Gasteiger partial charge in [0.05, 0.1) is 12.2 Å². The molecule has 0 aromatic heterocycles. The topological polar surface area (TPSA) is 88.7 Å². The summed E-state index contributed by atoms with van der Waals surface area (Å²) in [7, 11) is 0. The Bertz CT molecular complexity index is 869. The first-order valence-electron chi connectivity index (χ1n) is 9.75. The molecule has 8 heteroatoms. The Morgan fingerprint density at radius 1 is 1.00 bits per heavy atom. The van der Waals surface area contributed by atoms with Gasteiger partial charge in [-0.25, -0.2) is 0 Å². The van der Waals surface area contributed by atoms with Crippen LogP contribution < -0.4 is 25.6 Å². The lowest BCUT2D eigenvalue weighted by Crippen LogP contribution is -2.49. The Labute approximate surface area is 182 Å². The normalized spacial score (nSPS) is 10.3. The van der Waals surface area contributed by atoms with Gasteiger partial charge in [0.15, 0.2) is 11.7 Å². The summed E-state index contributed by atoms with van der Waals surface area (Å²) in [5.74, 6) is 0.615. The van der Waals surface area contributed by atoms with Crippen molar-refractivity contribution in [1.29, 1.82) is 0 Å². The van der Waals surface area contributed by atoms with Crippen LogP contribution in [0, 0.1) is 0 Å². The van der Waals surface area contributed by atoms with E-state index in [1.54, 1.807) is 24.3 Å². The first-order chi connectivity index (χ1) is 14.4. The fourth-order valence-corrected chi connectivity index (χ4v) is 2.60. The van der Waals surface area contributed by atoms with E-state index in [1.165, 1.54) is 5.56 Å². The van der Waals surface area contributed by atoms with E-state index in [4.69, 9.17) is 21.7 Å². The van der Waals surface area contributed by atoms with Gasteiger partial charge in [-0.05, 0) is 54.4 Å². The molecule has 2 aromatic carbocycles. The molecule has 0 aliphatic carbocycles. The zero-order chi connectivity index (χ0) is 21.9. The van der Waals surface area contributed by atoms with Gasteiger partial charge in [-0.3, -0.25) is 25.8 Å². The smallest absolute Gasteiger partial charge is 0.276 e. The molecule has 2 amide bonds. The Hall–Kier alpha value is -3.13. The Kier molecular flexibility index (Phi) is 9.08. The molecule has 0 fully saturated rings. The molecule has 0 bridgehead atoms. The largest absolute Gasteiger partial charge is 0.493 e. The highest BCUT2D eigenvalue weighted by Gasteiger charge is 2.14. The number of benzene rings is 2. The van der Waals surface area contributed by atoms with Gasteiger partial charge in [-0.15, -0.1) is 0 Å². The van der Waals surface area contributed by atoms with Crippen LogP contribution in [-0.4, -0.2) is 30.1 Å². The van der Waals surface area contributed by atoms with Gasteiger partial charge < -0.3 is 9.47 Å². The average Bonchev–Trinajstić information content (AvgIpc) is 2.75. The van der Waals surface area contributed by atoms with Crippen molar-refractivity contribution in [3.05, 3.63) is 59.7 Å². The fraction of sp³-hybridized carbons (Fsp3) is 0.318. The number of rotatable bonds is 8. The number of thiocarbonyl (C=S) groups is 1. The summed E-state index contributed by atoms with van der Waals surface area (Å²) in [6.45, 7) is 6.50. The maximum atomic E-state index is 12.4. The predicted octanol–water partition coefficient (Wildman–Crippen LogP) is 3.31. The zero-order valence-electron chi connectivity index (χ0n) is 17.4. The van der Waals surface area contributed by atoms with E-state index in [9.17, 15) is 9.59 Å². The van der Waals surface area contributed by atoms with Crippen LogP contribution in [0.25, 0.3) is 0 Å². The van der Waals surface area contributed by atoms with Crippen LogP contribution in [0.3, 0.4) is 0 Å². The van der Waals surface area contributed by atoms with E-state index < -0.39 is 11.8 Å². The van der Waals surface area contributed by atoms with Crippen molar-refractivity contribution in [2.75, 3.05) is 13.2 Å². The summed E-state index contributed by atoms with van der Waals surface area (Å²) in [4.78, 5) is 24.3. The third kappa shape index (κ3) is 7.36. The lowest BCUT2D eigenvalue weighted by atomic mass is 10.0. The van der Waals surface area contributed by atoms with Gasteiger partial charge >= 0.3 is 0 Å². The van der Waals surface area contributed by atoms with Crippen LogP contribution in [0.15, 0.2) is 48.5 Å². The number of hydrogen-bond donors (Lipinski definition) is 3. The molecule has 0 atom stereocenters. The number of ether oxygens (including phenoxy) is 2. The molecule has 0 unspecified atom stereocenters. The number of hydrogen-bond acceptors (Lipinski definition) is 5. The maximum Gasteiger partial charge on any atom is 0.276 e. The third-order valence-electron chi connectivity index (χ3n) is 4.05. The highest BCUT2D eigenvalue weighted by Crippen LogP contribution is 2.19. The Balaban J connectivity index is 1.77. The minimum absolute atomic E-state index is 0.0417. The molecule has 0 heterocycles. The predicted molar refractivity (Wildman–Crippen MR) is 120 cm³/mol. The molecule has 2 aromatic rings. The lowest BCUT2D eigenvalue weighted by Gasteiger charge is -2.13. The number of amides is 2. The number of carbonyl (C=O) groups excluding carboxylic acids is 2. The number of nitrogens with one attached hydrogen (secondary N) is 3. The van der Waals surface area contributed by atoms with Gasteiger partial charge in [0.2, 0.25) is 0 Å². The molecular formula is C22H27N3O4S. The van der Waals surface area contributed by atoms with Crippen LogP contribution in [0.5, 0.6) is 11.5 Å². The first kappa shape index (κ1) is 23.2. The van der Waals surface area contributed by atoms with Crippen molar-refractivity contribution in [2.24, 2.45) is 0 Å². The highest BCUT2D eigenvalue weighted by atomic mass is 32.1. The molecule has 0 aliphatic heterocycles. The second-order valence-electron chi connectivity index (χ2n) is 6.81.